The summed E-state index contributed by atoms with van der Waals surface area (Å²) in [6, 6.07) is 2.21. The van der Waals surface area contributed by atoms with Gasteiger partial charge in [-0.2, -0.15) is 0 Å². The molecule has 1 saturated carbocycles. The molecule has 1 aromatic rings. The van der Waals surface area contributed by atoms with Crippen molar-refractivity contribution in [3.8, 4) is 0 Å². The van der Waals surface area contributed by atoms with Crippen molar-refractivity contribution in [3.63, 3.8) is 0 Å². The van der Waals surface area contributed by atoms with Gasteiger partial charge in [-0.15, -0.1) is 0 Å². The highest BCUT2D eigenvalue weighted by Gasteiger charge is 2.44. The first-order valence-electron chi connectivity index (χ1n) is 8.09. The summed E-state index contributed by atoms with van der Waals surface area (Å²) in [7, 11) is 0. The molecule has 0 amide bonds. The second-order valence-corrected chi connectivity index (χ2v) is 8.31. The minimum atomic E-state index is 0.197. The number of nitrogens with one attached hydrogen (secondary N) is 1. The molecule has 1 aliphatic heterocycles. The number of pyridine rings is 1. The van der Waals surface area contributed by atoms with Crippen LogP contribution in [0, 0.1) is 0 Å². The topological polar surface area (TPSA) is 28.2 Å². The van der Waals surface area contributed by atoms with Crippen LogP contribution >= 0.6 is 15.9 Å². The fourth-order valence-corrected chi connectivity index (χ4v) is 4.32. The first kappa shape index (κ1) is 15.4. The Morgan fingerprint density at radius 1 is 1.24 bits per heavy atom. The molecule has 0 bridgehead atoms. The highest BCUT2D eigenvalue weighted by Crippen LogP contribution is 2.38. The van der Waals surface area contributed by atoms with Gasteiger partial charge in [0.05, 0.1) is 0 Å². The van der Waals surface area contributed by atoms with E-state index in [4.69, 9.17) is 0 Å². The summed E-state index contributed by atoms with van der Waals surface area (Å²) in [4.78, 5) is 7.06. The van der Waals surface area contributed by atoms with Gasteiger partial charge < -0.3 is 5.32 Å². The van der Waals surface area contributed by atoms with E-state index in [0.717, 1.165) is 24.1 Å². The fourth-order valence-electron chi connectivity index (χ4n) is 3.91. The molecule has 0 unspecified atom stereocenters. The van der Waals surface area contributed by atoms with E-state index < -0.39 is 0 Å². The molecule has 2 heterocycles. The molecular weight excluding hydrogens is 326 g/mol. The van der Waals surface area contributed by atoms with Crippen LogP contribution in [0.4, 0.5) is 0 Å². The van der Waals surface area contributed by atoms with Crippen molar-refractivity contribution < 1.29 is 0 Å². The molecule has 0 atom stereocenters. The third-order valence-electron chi connectivity index (χ3n) is 5.07. The Labute approximate surface area is 136 Å². The first-order chi connectivity index (χ1) is 9.99. The number of hydrogen-bond acceptors (Lipinski definition) is 3. The van der Waals surface area contributed by atoms with E-state index in [1.165, 1.54) is 37.7 Å². The molecule has 116 valence electrons. The predicted molar refractivity (Wildman–Crippen MR) is 90.2 cm³/mol. The number of hydrogen-bond donors (Lipinski definition) is 1. The quantitative estimate of drug-likeness (QED) is 0.879. The smallest absolute Gasteiger partial charge is 0.0410 e. The van der Waals surface area contributed by atoms with Crippen molar-refractivity contribution in [1.29, 1.82) is 0 Å². The summed E-state index contributed by atoms with van der Waals surface area (Å²) in [6.45, 7) is 7.88. The molecule has 1 saturated heterocycles. The monoisotopic (exact) mass is 351 g/mol. The van der Waals surface area contributed by atoms with E-state index in [1.54, 1.807) is 0 Å². The maximum Gasteiger partial charge on any atom is 0.0410 e. The standard InChI is InChI=1S/C17H26BrN3/c1-16(2)13-21(11-14-8-15(18)10-19-9-14)17(12-20-16)6-4-3-5-7-17/h8-10,20H,3-7,11-13H2,1-2H3. The van der Waals surface area contributed by atoms with Gasteiger partial charge in [-0.1, -0.05) is 19.3 Å². The molecule has 1 aliphatic carbocycles. The minimum Gasteiger partial charge on any atom is -0.309 e. The summed E-state index contributed by atoms with van der Waals surface area (Å²) in [5.74, 6) is 0. The second-order valence-electron chi connectivity index (χ2n) is 7.39. The van der Waals surface area contributed by atoms with E-state index in [-0.39, 0.29) is 5.54 Å². The predicted octanol–water partition coefficient (Wildman–Crippen LogP) is 3.73. The minimum absolute atomic E-state index is 0.197. The van der Waals surface area contributed by atoms with Crippen LogP contribution in [0.15, 0.2) is 22.9 Å². The molecule has 0 aromatic carbocycles. The van der Waals surface area contributed by atoms with Gasteiger partial charge in [0.25, 0.3) is 0 Å². The van der Waals surface area contributed by atoms with Crippen LogP contribution < -0.4 is 5.32 Å². The summed E-state index contributed by atoms with van der Waals surface area (Å²) >= 11 is 3.54. The lowest BCUT2D eigenvalue weighted by atomic mass is 9.76. The molecule has 1 spiro atoms. The van der Waals surface area contributed by atoms with Crippen molar-refractivity contribution in [3.05, 3.63) is 28.5 Å². The molecule has 1 N–H and O–H groups in total. The maximum absolute atomic E-state index is 4.33. The van der Waals surface area contributed by atoms with E-state index in [9.17, 15) is 0 Å². The number of halogens is 1. The zero-order chi connectivity index (χ0) is 14.9. The summed E-state index contributed by atoms with van der Waals surface area (Å²) in [5.41, 5.74) is 1.87. The van der Waals surface area contributed by atoms with Gasteiger partial charge in [-0.25, -0.2) is 0 Å². The Bertz CT molecular complexity index is 495. The SMILES string of the molecule is CC1(C)CN(Cc2cncc(Br)c2)C2(CCCCC2)CN1. The normalized spacial score (nSPS) is 25.1. The molecule has 21 heavy (non-hydrogen) atoms. The van der Waals surface area contributed by atoms with Crippen LogP contribution in [0.3, 0.4) is 0 Å². The summed E-state index contributed by atoms with van der Waals surface area (Å²) in [6.07, 6.45) is 10.7. The van der Waals surface area contributed by atoms with E-state index >= 15 is 0 Å². The number of piperazine rings is 1. The highest BCUT2D eigenvalue weighted by molar-refractivity contribution is 9.10. The Morgan fingerprint density at radius 3 is 2.71 bits per heavy atom. The van der Waals surface area contributed by atoms with Crippen LogP contribution in [0.1, 0.15) is 51.5 Å². The van der Waals surface area contributed by atoms with Crippen molar-refractivity contribution >= 4 is 15.9 Å². The largest absolute Gasteiger partial charge is 0.309 e. The van der Waals surface area contributed by atoms with Crippen LogP contribution in [-0.2, 0) is 6.54 Å². The van der Waals surface area contributed by atoms with Crippen molar-refractivity contribution in [1.82, 2.24) is 15.2 Å². The number of rotatable bonds is 2. The van der Waals surface area contributed by atoms with Crippen molar-refractivity contribution in [2.24, 2.45) is 0 Å². The highest BCUT2D eigenvalue weighted by atomic mass is 79.9. The lowest BCUT2D eigenvalue weighted by molar-refractivity contribution is -0.0162. The Kier molecular flexibility index (Phi) is 4.40. The average Bonchev–Trinajstić information content (AvgIpc) is 2.44. The lowest BCUT2D eigenvalue weighted by Crippen LogP contribution is -2.68. The second kappa shape index (κ2) is 5.98. The van der Waals surface area contributed by atoms with E-state index in [1.807, 2.05) is 12.4 Å². The first-order valence-corrected chi connectivity index (χ1v) is 8.88. The fraction of sp³-hybridized carbons (Fsp3) is 0.706. The molecule has 0 radical (unpaired) electrons. The van der Waals surface area contributed by atoms with E-state index in [0.29, 0.717) is 5.54 Å². The zero-order valence-corrected chi connectivity index (χ0v) is 14.7. The molecular formula is C17H26BrN3. The summed E-state index contributed by atoms with van der Waals surface area (Å²) < 4.78 is 1.08. The van der Waals surface area contributed by atoms with Crippen LogP contribution in [0.2, 0.25) is 0 Å². The average molecular weight is 352 g/mol. The van der Waals surface area contributed by atoms with E-state index in [2.05, 4.69) is 51.0 Å². The Morgan fingerprint density at radius 2 is 2.00 bits per heavy atom. The number of nitrogens with zero attached hydrogens (tertiary/aromatic N) is 2. The molecule has 3 rings (SSSR count). The van der Waals surface area contributed by atoms with Gasteiger partial charge in [-0.05, 0) is 54.2 Å². The lowest BCUT2D eigenvalue weighted by Gasteiger charge is -2.54. The van der Waals surface area contributed by atoms with Crippen LogP contribution in [0.5, 0.6) is 0 Å². The van der Waals surface area contributed by atoms with Gasteiger partial charge in [0.1, 0.15) is 0 Å². The molecule has 1 aromatic heterocycles. The maximum atomic E-state index is 4.33. The third-order valence-corrected chi connectivity index (χ3v) is 5.51. The van der Waals surface area contributed by atoms with Gasteiger partial charge >= 0.3 is 0 Å². The van der Waals surface area contributed by atoms with Crippen LogP contribution in [0.25, 0.3) is 0 Å². The molecule has 2 aliphatic rings. The molecule has 3 nitrogen and oxygen atoms in total. The summed E-state index contributed by atoms with van der Waals surface area (Å²) in [5, 5.41) is 3.78. The Hall–Kier alpha value is -0.450. The zero-order valence-electron chi connectivity index (χ0n) is 13.2. The third kappa shape index (κ3) is 3.49. The van der Waals surface area contributed by atoms with Gasteiger partial charge in [0, 0.05) is 47.6 Å². The van der Waals surface area contributed by atoms with Gasteiger partial charge in [0.2, 0.25) is 0 Å². The Balaban J connectivity index is 1.83. The van der Waals surface area contributed by atoms with Crippen molar-refractivity contribution in [2.45, 2.75) is 63.6 Å². The molecule has 4 heteroatoms. The molecule has 2 fully saturated rings. The van der Waals surface area contributed by atoms with Crippen molar-refractivity contribution in [2.75, 3.05) is 13.1 Å². The van der Waals surface area contributed by atoms with Crippen LogP contribution in [-0.4, -0.2) is 34.1 Å². The van der Waals surface area contributed by atoms with Gasteiger partial charge in [0.15, 0.2) is 0 Å². The van der Waals surface area contributed by atoms with Gasteiger partial charge in [-0.3, -0.25) is 9.88 Å². The number of aromatic nitrogens is 1.